The van der Waals surface area contributed by atoms with E-state index in [0.29, 0.717) is 16.3 Å². The Morgan fingerprint density at radius 3 is 2.48 bits per heavy atom. The monoisotopic (exact) mass is 469 g/mol. The molecule has 1 heterocycles. The Kier molecular flexibility index (Phi) is 7.33. The molecule has 1 aliphatic carbocycles. The highest BCUT2D eigenvalue weighted by atomic mass is 35.5. The SMILES string of the molecule is CCS(=O)(=O)N1CC(=O)N(c2cccc(Cl)c2C)C(C)(C(=O)NC2CCCCCC2)C1. The Morgan fingerprint density at radius 2 is 1.87 bits per heavy atom. The maximum Gasteiger partial charge on any atom is 0.247 e. The topological polar surface area (TPSA) is 86.8 Å². The lowest BCUT2D eigenvalue weighted by molar-refractivity contribution is -0.133. The largest absolute Gasteiger partial charge is 0.351 e. The van der Waals surface area contributed by atoms with E-state index in [9.17, 15) is 18.0 Å². The molecule has 0 radical (unpaired) electrons. The van der Waals surface area contributed by atoms with Crippen LogP contribution in [0.5, 0.6) is 0 Å². The summed E-state index contributed by atoms with van der Waals surface area (Å²) in [4.78, 5) is 28.4. The number of nitrogens with one attached hydrogen (secondary N) is 1. The number of hydrogen-bond donors (Lipinski definition) is 1. The Morgan fingerprint density at radius 1 is 1.23 bits per heavy atom. The molecular formula is C22H32ClN3O4S. The molecular weight excluding hydrogens is 438 g/mol. The summed E-state index contributed by atoms with van der Waals surface area (Å²) in [6.45, 7) is 4.59. The normalized spacial score (nSPS) is 24.1. The van der Waals surface area contributed by atoms with E-state index in [-0.39, 0.29) is 30.8 Å². The number of benzene rings is 1. The summed E-state index contributed by atoms with van der Waals surface area (Å²) in [6, 6.07) is 5.24. The molecule has 1 aliphatic heterocycles. The molecule has 0 spiro atoms. The molecule has 1 atom stereocenters. The fourth-order valence-electron chi connectivity index (χ4n) is 4.52. The van der Waals surface area contributed by atoms with Crippen LogP contribution in [0.4, 0.5) is 5.69 Å². The fourth-order valence-corrected chi connectivity index (χ4v) is 5.81. The van der Waals surface area contributed by atoms with Crippen LogP contribution in [0.25, 0.3) is 0 Å². The van der Waals surface area contributed by atoms with Gasteiger partial charge in [-0.1, -0.05) is 43.4 Å². The van der Waals surface area contributed by atoms with E-state index in [1.165, 1.54) is 11.8 Å². The second-order valence-electron chi connectivity index (χ2n) is 8.72. The first-order valence-electron chi connectivity index (χ1n) is 11.0. The first kappa shape index (κ1) is 24.0. The highest BCUT2D eigenvalue weighted by Gasteiger charge is 2.51. The van der Waals surface area contributed by atoms with Crippen molar-refractivity contribution in [2.75, 3.05) is 23.7 Å². The van der Waals surface area contributed by atoms with Crippen LogP contribution in [0.3, 0.4) is 0 Å². The van der Waals surface area contributed by atoms with Crippen LogP contribution >= 0.6 is 11.6 Å². The molecule has 0 aromatic heterocycles. The smallest absolute Gasteiger partial charge is 0.247 e. The zero-order chi connectivity index (χ0) is 22.8. The van der Waals surface area contributed by atoms with Crippen molar-refractivity contribution in [1.29, 1.82) is 0 Å². The Labute approximate surface area is 190 Å². The van der Waals surface area contributed by atoms with Crippen molar-refractivity contribution in [2.24, 2.45) is 0 Å². The lowest BCUT2D eigenvalue weighted by Gasteiger charge is -2.47. The Hall–Kier alpha value is -1.64. The average Bonchev–Trinajstić information content (AvgIpc) is 2.99. The molecule has 1 saturated carbocycles. The van der Waals surface area contributed by atoms with Crippen molar-refractivity contribution < 1.29 is 18.0 Å². The minimum atomic E-state index is -3.64. The van der Waals surface area contributed by atoms with Gasteiger partial charge in [-0.2, -0.15) is 4.31 Å². The lowest BCUT2D eigenvalue weighted by Crippen LogP contribution is -2.71. The second kappa shape index (κ2) is 9.46. The predicted octanol–water partition coefficient (Wildman–Crippen LogP) is 3.24. The van der Waals surface area contributed by atoms with E-state index in [1.54, 1.807) is 32.0 Å². The average molecular weight is 470 g/mol. The van der Waals surface area contributed by atoms with Crippen molar-refractivity contribution in [3.63, 3.8) is 0 Å². The van der Waals surface area contributed by atoms with Crippen molar-refractivity contribution in [1.82, 2.24) is 9.62 Å². The second-order valence-corrected chi connectivity index (χ2v) is 11.4. The van der Waals surface area contributed by atoms with E-state index >= 15 is 0 Å². The third kappa shape index (κ3) is 4.91. The van der Waals surface area contributed by atoms with Gasteiger partial charge in [0.1, 0.15) is 5.54 Å². The van der Waals surface area contributed by atoms with E-state index in [2.05, 4.69) is 5.32 Å². The van der Waals surface area contributed by atoms with Gasteiger partial charge in [0.2, 0.25) is 21.8 Å². The van der Waals surface area contributed by atoms with Crippen LogP contribution in [-0.2, 0) is 19.6 Å². The third-order valence-corrected chi connectivity index (χ3v) is 8.64. The quantitative estimate of drug-likeness (QED) is 0.670. The molecule has 2 amide bonds. The van der Waals surface area contributed by atoms with Gasteiger partial charge in [-0.25, -0.2) is 8.42 Å². The maximum absolute atomic E-state index is 13.6. The predicted molar refractivity (Wildman–Crippen MR) is 123 cm³/mol. The summed E-state index contributed by atoms with van der Waals surface area (Å²) < 4.78 is 26.4. The van der Waals surface area contributed by atoms with Crippen LogP contribution < -0.4 is 10.2 Å². The number of nitrogens with zero attached hydrogens (tertiary/aromatic N) is 2. The number of halogens is 1. The summed E-state index contributed by atoms with van der Waals surface area (Å²) >= 11 is 6.31. The van der Waals surface area contributed by atoms with Crippen molar-refractivity contribution in [2.45, 2.75) is 70.9 Å². The van der Waals surface area contributed by atoms with Gasteiger partial charge < -0.3 is 5.32 Å². The lowest BCUT2D eigenvalue weighted by atomic mass is 9.92. The third-order valence-electron chi connectivity index (χ3n) is 6.46. The summed E-state index contributed by atoms with van der Waals surface area (Å²) in [5.74, 6) is -0.896. The first-order chi connectivity index (χ1) is 14.6. The highest BCUT2D eigenvalue weighted by Crippen LogP contribution is 2.35. The van der Waals surface area contributed by atoms with E-state index < -0.39 is 21.5 Å². The minimum Gasteiger partial charge on any atom is -0.351 e. The van der Waals surface area contributed by atoms with Gasteiger partial charge in [-0.3, -0.25) is 14.5 Å². The molecule has 1 aromatic carbocycles. The van der Waals surface area contributed by atoms with Crippen LogP contribution in [0, 0.1) is 6.92 Å². The number of amides is 2. The van der Waals surface area contributed by atoms with Gasteiger partial charge in [0, 0.05) is 23.3 Å². The summed E-state index contributed by atoms with van der Waals surface area (Å²) in [6.07, 6.45) is 6.19. The summed E-state index contributed by atoms with van der Waals surface area (Å²) in [5.41, 5.74) is -0.179. The molecule has 0 bridgehead atoms. The van der Waals surface area contributed by atoms with Crippen LogP contribution in [-0.4, -0.2) is 55.0 Å². The molecule has 2 aliphatic rings. The number of carbonyl (C=O) groups excluding carboxylic acids is 2. The van der Waals surface area contributed by atoms with Crippen molar-refractivity contribution in [3.05, 3.63) is 28.8 Å². The molecule has 31 heavy (non-hydrogen) atoms. The van der Waals surface area contributed by atoms with Crippen LogP contribution in [0.15, 0.2) is 18.2 Å². The Balaban J connectivity index is 2.02. The number of carbonyl (C=O) groups is 2. The summed E-state index contributed by atoms with van der Waals surface area (Å²) in [7, 11) is -3.64. The standard InChI is InChI=1S/C22H32ClN3O4S/c1-4-31(29,30)25-14-20(27)26(19-13-9-12-18(23)16(19)2)22(3,15-25)21(28)24-17-10-7-5-6-8-11-17/h9,12-13,17H,4-8,10-11,14-15H2,1-3H3,(H,24,28). The molecule has 3 rings (SSSR count). The van der Waals surface area contributed by atoms with Gasteiger partial charge in [-0.05, 0) is 51.3 Å². The zero-order valence-electron chi connectivity index (χ0n) is 18.5. The van der Waals surface area contributed by atoms with Crippen LogP contribution in [0.2, 0.25) is 5.02 Å². The molecule has 7 nitrogen and oxygen atoms in total. The summed E-state index contributed by atoms with van der Waals surface area (Å²) in [5, 5.41) is 3.61. The highest BCUT2D eigenvalue weighted by molar-refractivity contribution is 7.89. The maximum atomic E-state index is 13.6. The van der Waals surface area contributed by atoms with Gasteiger partial charge in [-0.15, -0.1) is 0 Å². The molecule has 1 unspecified atom stereocenters. The number of hydrogen-bond acceptors (Lipinski definition) is 4. The van der Waals surface area contributed by atoms with E-state index in [1.807, 2.05) is 0 Å². The fraction of sp³-hybridized carbons (Fsp3) is 0.636. The molecule has 1 N–H and O–H groups in total. The Bertz CT molecular complexity index is 944. The van der Waals surface area contributed by atoms with Gasteiger partial charge in [0.15, 0.2) is 0 Å². The van der Waals surface area contributed by atoms with E-state index in [0.717, 1.165) is 42.8 Å². The zero-order valence-corrected chi connectivity index (χ0v) is 20.1. The minimum absolute atomic E-state index is 0.0300. The number of anilines is 1. The number of rotatable bonds is 5. The van der Waals surface area contributed by atoms with Gasteiger partial charge >= 0.3 is 0 Å². The molecule has 2 fully saturated rings. The molecule has 9 heteroatoms. The van der Waals surface area contributed by atoms with Crippen molar-refractivity contribution in [3.8, 4) is 0 Å². The van der Waals surface area contributed by atoms with Gasteiger partial charge in [0.05, 0.1) is 12.3 Å². The first-order valence-corrected chi connectivity index (χ1v) is 13.0. The molecule has 1 saturated heterocycles. The van der Waals surface area contributed by atoms with Crippen LogP contribution in [0.1, 0.15) is 57.9 Å². The molecule has 172 valence electrons. The number of piperazine rings is 1. The van der Waals surface area contributed by atoms with E-state index in [4.69, 9.17) is 11.6 Å². The van der Waals surface area contributed by atoms with Crippen molar-refractivity contribution >= 4 is 39.1 Å². The van der Waals surface area contributed by atoms with Gasteiger partial charge in [0.25, 0.3) is 0 Å². The molecule has 1 aromatic rings. The number of sulfonamides is 1.